The van der Waals surface area contributed by atoms with E-state index in [2.05, 4.69) is 15.6 Å². The summed E-state index contributed by atoms with van der Waals surface area (Å²) in [5, 5.41) is 17.6. The van der Waals surface area contributed by atoms with Crippen molar-refractivity contribution in [2.45, 2.75) is 38.1 Å². The second-order valence-electron chi connectivity index (χ2n) is 9.09. The highest BCUT2D eigenvalue weighted by atomic mass is 35.5. The third-order valence-electron chi connectivity index (χ3n) is 7.12. The lowest BCUT2D eigenvalue weighted by Crippen LogP contribution is -2.70. The number of anilines is 1. The van der Waals surface area contributed by atoms with Gasteiger partial charge in [0.1, 0.15) is 0 Å². The number of rotatable bonds is 6. The van der Waals surface area contributed by atoms with E-state index < -0.39 is 34.7 Å². The summed E-state index contributed by atoms with van der Waals surface area (Å²) in [7, 11) is 0. The van der Waals surface area contributed by atoms with E-state index in [0.29, 0.717) is 22.0 Å². The van der Waals surface area contributed by atoms with Crippen LogP contribution >= 0.6 is 11.6 Å². The van der Waals surface area contributed by atoms with Gasteiger partial charge in [0.25, 0.3) is 0 Å². The van der Waals surface area contributed by atoms with E-state index in [1.165, 1.54) is 0 Å². The lowest BCUT2D eigenvalue weighted by molar-refractivity contribution is -0.162. The molecule has 3 N–H and O–H groups in total. The Bertz CT molecular complexity index is 1260. The molecule has 1 aromatic heterocycles. The molecule has 4 atom stereocenters. The largest absolute Gasteiger partial charge is 0.480 e. The van der Waals surface area contributed by atoms with Crippen molar-refractivity contribution >= 4 is 29.2 Å². The molecule has 7 heteroatoms. The number of carboxylic acids is 1. The van der Waals surface area contributed by atoms with Crippen molar-refractivity contribution in [3.05, 3.63) is 107 Å². The van der Waals surface area contributed by atoms with Crippen LogP contribution in [-0.4, -0.2) is 27.5 Å². The summed E-state index contributed by atoms with van der Waals surface area (Å²) >= 11 is 6.61. The monoisotopic (exact) mass is 489 g/mol. The number of aromatic nitrogens is 1. The van der Waals surface area contributed by atoms with Gasteiger partial charge >= 0.3 is 5.97 Å². The summed E-state index contributed by atoms with van der Waals surface area (Å²) in [5.74, 6) is -3.20. The number of benzene rings is 2. The number of hydrogen-bond acceptors (Lipinski definition) is 4. The van der Waals surface area contributed by atoms with Crippen LogP contribution in [0.2, 0.25) is 5.02 Å². The van der Waals surface area contributed by atoms with Gasteiger partial charge in [-0.05, 0) is 49.7 Å². The van der Waals surface area contributed by atoms with Crippen LogP contribution < -0.4 is 10.6 Å². The molecule has 1 aliphatic rings. The normalized spacial score (nSPS) is 24.6. The first-order valence-electron chi connectivity index (χ1n) is 11.4. The molecule has 6 nitrogen and oxygen atoms in total. The minimum absolute atomic E-state index is 0.398. The molecule has 0 aliphatic carbocycles. The van der Waals surface area contributed by atoms with Gasteiger partial charge in [-0.15, -0.1) is 0 Å². The number of amides is 1. The third kappa shape index (κ3) is 4.08. The molecule has 180 valence electrons. The Balaban J connectivity index is 2.00. The van der Waals surface area contributed by atoms with E-state index in [-0.39, 0.29) is 0 Å². The van der Waals surface area contributed by atoms with Crippen molar-refractivity contribution in [3.8, 4) is 0 Å². The Morgan fingerprint density at radius 3 is 2.34 bits per heavy atom. The topological polar surface area (TPSA) is 91.3 Å². The molecule has 0 saturated heterocycles. The maximum absolute atomic E-state index is 14.3. The average molecular weight is 490 g/mol. The zero-order valence-electron chi connectivity index (χ0n) is 19.8. The van der Waals surface area contributed by atoms with Crippen LogP contribution in [0.15, 0.2) is 90.8 Å². The number of allylic oxidation sites excluding steroid dienone is 2. The Morgan fingerprint density at radius 2 is 1.71 bits per heavy atom. The van der Waals surface area contributed by atoms with Gasteiger partial charge in [0.15, 0.2) is 5.41 Å². The summed E-state index contributed by atoms with van der Waals surface area (Å²) in [6, 6.07) is 21.4. The van der Waals surface area contributed by atoms with Gasteiger partial charge in [0, 0.05) is 40.1 Å². The summed E-state index contributed by atoms with van der Waals surface area (Å²) in [6.07, 6.45) is 3.45. The molecule has 35 heavy (non-hydrogen) atoms. The van der Waals surface area contributed by atoms with Crippen LogP contribution in [-0.2, 0) is 9.59 Å². The molecule has 2 aromatic carbocycles. The number of nitrogens with one attached hydrogen (secondary N) is 2. The number of halogens is 1. The number of aliphatic carboxylic acids is 1. The number of carbonyl (C=O) groups is 2. The predicted octanol–water partition coefficient (Wildman–Crippen LogP) is 5.60. The SMILES string of the molecule is CC1=CC(c2ccccc2Cl)C(C(=O)O)(C(=O)Nc2ccccc2)C(C)(C(C)c2ccccn2)N1. The smallest absolute Gasteiger partial charge is 0.322 e. The molecule has 0 spiro atoms. The fourth-order valence-corrected chi connectivity index (χ4v) is 5.51. The van der Waals surface area contributed by atoms with Crippen LogP contribution in [0.4, 0.5) is 5.69 Å². The Hall–Kier alpha value is -3.64. The molecule has 4 unspecified atom stereocenters. The van der Waals surface area contributed by atoms with Gasteiger partial charge in [-0.3, -0.25) is 14.6 Å². The Kier molecular flexibility index (Phi) is 6.68. The fourth-order valence-electron chi connectivity index (χ4n) is 5.26. The minimum atomic E-state index is -1.98. The summed E-state index contributed by atoms with van der Waals surface area (Å²) < 4.78 is 0. The average Bonchev–Trinajstić information content (AvgIpc) is 2.84. The van der Waals surface area contributed by atoms with Gasteiger partial charge < -0.3 is 15.7 Å². The number of para-hydroxylation sites is 1. The van der Waals surface area contributed by atoms with Gasteiger partial charge in [-0.1, -0.05) is 67.1 Å². The van der Waals surface area contributed by atoms with Gasteiger partial charge in [0.05, 0.1) is 5.54 Å². The van der Waals surface area contributed by atoms with E-state index >= 15 is 0 Å². The molecule has 0 radical (unpaired) electrons. The lowest BCUT2D eigenvalue weighted by Gasteiger charge is -2.54. The Labute approximate surface area is 210 Å². The molecular weight excluding hydrogens is 462 g/mol. The molecular formula is C28H28ClN3O3. The van der Waals surface area contributed by atoms with Crippen LogP contribution in [0.3, 0.4) is 0 Å². The van der Waals surface area contributed by atoms with Crippen LogP contribution in [0, 0.1) is 5.41 Å². The van der Waals surface area contributed by atoms with Crippen molar-refractivity contribution in [3.63, 3.8) is 0 Å². The number of nitrogens with zero attached hydrogens (tertiary/aromatic N) is 1. The second-order valence-corrected chi connectivity index (χ2v) is 9.49. The van der Waals surface area contributed by atoms with Crippen molar-refractivity contribution < 1.29 is 14.7 Å². The van der Waals surface area contributed by atoms with Crippen LogP contribution in [0.5, 0.6) is 0 Å². The van der Waals surface area contributed by atoms with E-state index in [1.54, 1.807) is 73.8 Å². The molecule has 4 rings (SSSR count). The van der Waals surface area contributed by atoms with Crippen LogP contribution in [0.25, 0.3) is 0 Å². The quantitative estimate of drug-likeness (QED) is 0.392. The summed E-state index contributed by atoms with van der Waals surface area (Å²) in [5.41, 5.74) is -0.757. The van der Waals surface area contributed by atoms with Gasteiger partial charge in [-0.25, -0.2) is 0 Å². The standard InChI is InChI=1S/C28H28ClN3O3/c1-18-17-22(21-13-7-8-14-23(21)29)28(26(34)35,25(33)31-20-11-5-4-6-12-20)27(3,32-18)19(2)24-15-9-10-16-30-24/h4-17,19,22,32H,1-3H3,(H,31,33)(H,34,35). The molecule has 1 aliphatic heterocycles. The van der Waals surface area contributed by atoms with Crippen molar-refractivity contribution in [1.82, 2.24) is 10.3 Å². The van der Waals surface area contributed by atoms with Crippen molar-refractivity contribution in [2.24, 2.45) is 5.41 Å². The molecule has 2 heterocycles. The van der Waals surface area contributed by atoms with E-state index in [1.807, 2.05) is 32.0 Å². The van der Waals surface area contributed by atoms with E-state index in [9.17, 15) is 14.7 Å². The maximum atomic E-state index is 14.3. The minimum Gasteiger partial charge on any atom is -0.480 e. The lowest BCUT2D eigenvalue weighted by atomic mass is 9.54. The van der Waals surface area contributed by atoms with E-state index in [0.717, 1.165) is 5.70 Å². The highest BCUT2D eigenvalue weighted by Gasteiger charge is 2.67. The first-order chi connectivity index (χ1) is 16.7. The molecule has 0 bridgehead atoms. The van der Waals surface area contributed by atoms with Gasteiger partial charge in [0.2, 0.25) is 5.91 Å². The maximum Gasteiger partial charge on any atom is 0.322 e. The van der Waals surface area contributed by atoms with Crippen molar-refractivity contribution in [2.75, 3.05) is 5.32 Å². The zero-order valence-corrected chi connectivity index (χ0v) is 20.6. The molecule has 0 fully saturated rings. The summed E-state index contributed by atoms with van der Waals surface area (Å²) in [6.45, 7) is 5.55. The number of hydrogen-bond donors (Lipinski definition) is 3. The van der Waals surface area contributed by atoms with Gasteiger partial charge in [-0.2, -0.15) is 0 Å². The third-order valence-corrected chi connectivity index (χ3v) is 7.47. The first-order valence-corrected chi connectivity index (χ1v) is 11.8. The Morgan fingerprint density at radius 1 is 1.06 bits per heavy atom. The highest BCUT2D eigenvalue weighted by Crippen LogP contribution is 2.55. The molecule has 3 aromatic rings. The zero-order chi connectivity index (χ0) is 25.2. The fraction of sp³-hybridized carbons (Fsp3) is 0.250. The highest BCUT2D eigenvalue weighted by molar-refractivity contribution is 6.31. The first kappa shape index (κ1) is 24.5. The number of pyridine rings is 1. The molecule has 0 saturated carbocycles. The van der Waals surface area contributed by atoms with Crippen molar-refractivity contribution in [1.29, 1.82) is 0 Å². The second kappa shape index (κ2) is 9.55. The molecule has 1 amide bonds. The predicted molar refractivity (Wildman–Crippen MR) is 137 cm³/mol. The van der Waals surface area contributed by atoms with E-state index in [4.69, 9.17) is 11.6 Å². The number of carboxylic acid groups (broad SMARTS) is 1. The summed E-state index contributed by atoms with van der Waals surface area (Å²) in [4.78, 5) is 32.2. The van der Waals surface area contributed by atoms with Crippen LogP contribution in [0.1, 0.15) is 43.9 Å². The number of carbonyl (C=O) groups excluding carboxylic acids is 1.